The Bertz CT molecular complexity index is 1040. The molecule has 0 spiro atoms. The van der Waals surface area contributed by atoms with E-state index in [4.69, 9.17) is 18.9 Å². The number of aliphatic hydroxyl groups is 1. The lowest BCUT2D eigenvalue weighted by Crippen LogP contribution is -2.39. The lowest BCUT2D eigenvalue weighted by atomic mass is 9.77. The monoisotopic (exact) mass is 534 g/mol. The van der Waals surface area contributed by atoms with Gasteiger partial charge in [0, 0.05) is 45.1 Å². The fraction of sp³-hybridized carbons (Fsp3) is 0.536. The van der Waals surface area contributed by atoms with Crippen LogP contribution >= 0.6 is 12.4 Å². The highest BCUT2D eigenvalue weighted by Gasteiger charge is 2.30. The number of hydrogen-bond acceptors (Lipinski definition) is 7. The minimum absolute atomic E-state index is 0. The first-order valence-corrected chi connectivity index (χ1v) is 12.6. The van der Waals surface area contributed by atoms with Crippen LogP contribution in [0.1, 0.15) is 34.6 Å². The maximum atomic E-state index is 13.1. The first kappa shape index (κ1) is 28.9. The maximum absolute atomic E-state index is 13.1. The number of methoxy groups -OCH3 is 4. The van der Waals surface area contributed by atoms with Crippen molar-refractivity contribution < 1.29 is 28.8 Å². The smallest absolute Gasteiger partial charge is 0.223 e. The topological polar surface area (TPSA) is 80.7 Å². The van der Waals surface area contributed by atoms with Crippen molar-refractivity contribution in [3.8, 4) is 23.0 Å². The summed E-state index contributed by atoms with van der Waals surface area (Å²) in [5.41, 5.74) is 4.95. The normalized spacial score (nSPS) is 16.1. The number of rotatable bonds is 11. The number of carbonyl (C=O) groups excluding carboxylic acids is 1. The average Bonchev–Trinajstić information content (AvgIpc) is 3.10. The Hall–Kier alpha value is -2.68. The van der Waals surface area contributed by atoms with Crippen molar-refractivity contribution >= 4 is 18.3 Å². The van der Waals surface area contributed by atoms with Crippen LogP contribution in [0.15, 0.2) is 24.3 Å². The van der Waals surface area contributed by atoms with Gasteiger partial charge in [0.1, 0.15) is 0 Å². The molecule has 1 N–H and O–H groups in total. The van der Waals surface area contributed by atoms with E-state index in [1.807, 2.05) is 23.1 Å². The fourth-order valence-electron chi connectivity index (χ4n) is 5.36. The lowest BCUT2D eigenvalue weighted by molar-refractivity contribution is -0.131. The number of fused-ring (bicyclic) bond motifs is 2. The van der Waals surface area contributed by atoms with Crippen molar-refractivity contribution in [1.29, 1.82) is 0 Å². The summed E-state index contributed by atoms with van der Waals surface area (Å²) >= 11 is 0. The van der Waals surface area contributed by atoms with Gasteiger partial charge in [-0.05, 0) is 65.8 Å². The molecule has 2 aromatic carbocycles. The maximum Gasteiger partial charge on any atom is 0.223 e. The van der Waals surface area contributed by atoms with Crippen molar-refractivity contribution in [2.24, 2.45) is 0 Å². The van der Waals surface area contributed by atoms with E-state index in [0.717, 1.165) is 48.8 Å². The molecule has 1 aliphatic carbocycles. The van der Waals surface area contributed by atoms with Gasteiger partial charge in [0.2, 0.25) is 5.91 Å². The van der Waals surface area contributed by atoms with Crippen LogP contribution in [0.4, 0.5) is 0 Å². The molecular formula is C28H39ClN2O6. The molecule has 1 aliphatic heterocycles. The van der Waals surface area contributed by atoms with E-state index < -0.39 is 0 Å². The fourth-order valence-corrected chi connectivity index (χ4v) is 5.36. The Labute approximate surface area is 225 Å². The van der Waals surface area contributed by atoms with Crippen molar-refractivity contribution in [2.75, 3.05) is 67.8 Å². The summed E-state index contributed by atoms with van der Waals surface area (Å²) in [6.07, 6.45) is 3.00. The summed E-state index contributed by atoms with van der Waals surface area (Å²) in [6, 6.07) is 8.18. The number of carbonyl (C=O) groups is 1. The van der Waals surface area contributed by atoms with Crippen LogP contribution in [0.2, 0.25) is 0 Å². The molecule has 0 aromatic heterocycles. The average molecular weight is 535 g/mol. The second-order valence-electron chi connectivity index (χ2n) is 9.44. The largest absolute Gasteiger partial charge is 0.493 e. The molecule has 204 valence electrons. The highest BCUT2D eigenvalue weighted by Crippen LogP contribution is 2.42. The zero-order valence-corrected chi connectivity index (χ0v) is 23.1. The standard InChI is InChI=1S/C28H38N2O6.ClH/c1-33-24-14-19-5-9-30(10-6-20(19)15-25(24)34-2)28(32)7-8-29(11-12-31)18-22-13-21-16-26(35-3)27(36-4)17-23(21)22;/h14-17,22,31H,5-13,18H2,1-4H3;1H/t22-;/m1./s1. The first-order valence-electron chi connectivity index (χ1n) is 12.6. The number of aliphatic hydroxyl groups excluding tert-OH is 1. The highest BCUT2D eigenvalue weighted by molar-refractivity contribution is 5.85. The molecule has 2 aliphatic rings. The third-order valence-corrected chi connectivity index (χ3v) is 7.45. The molecule has 0 saturated carbocycles. The number of amides is 1. The van der Waals surface area contributed by atoms with Crippen molar-refractivity contribution in [2.45, 2.75) is 31.6 Å². The predicted octanol–water partition coefficient (Wildman–Crippen LogP) is 3.09. The summed E-state index contributed by atoms with van der Waals surface area (Å²) in [5, 5.41) is 9.63. The van der Waals surface area contributed by atoms with Gasteiger partial charge < -0.3 is 29.0 Å². The molecule has 37 heavy (non-hydrogen) atoms. The van der Waals surface area contributed by atoms with Gasteiger partial charge in [-0.2, -0.15) is 0 Å². The highest BCUT2D eigenvalue weighted by atomic mass is 35.5. The number of benzene rings is 2. The van der Waals surface area contributed by atoms with Crippen LogP contribution in [0.25, 0.3) is 0 Å². The number of ether oxygens (including phenoxy) is 4. The molecule has 8 nitrogen and oxygen atoms in total. The molecule has 0 radical (unpaired) electrons. The minimum Gasteiger partial charge on any atom is -0.493 e. The molecule has 2 aromatic rings. The first-order chi connectivity index (χ1) is 17.5. The predicted molar refractivity (Wildman–Crippen MR) is 145 cm³/mol. The Balaban J connectivity index is 0.00000380. The van der Waals surface area contributed by atoms with Crippen LogP contribution < -0.4 is 18.9 Å². The van der Waals surface area contributed by atoms with Gasteiger partial charge in [0.25, 0.3) is 0 Å². The van der Waals surface area contributed by atoms with Crippen LogP contribution in [-0.2, 0) is 24.1 Å². The quantitative estimate of drug-likeness (QED) is 0.474. The SMILES string of the molecule is COc1cc2c(cc1OC)CCN(C(=O)CCN(CCO)C[C@H]1Cc3cc(OC)c(OC)cc31)CC2.Cl. The number of hydrogen-bond donors (Lipinski definition) is 1. The van der Waals surface area contributed by atoms with Crippen molar-refractivity contribution in [3.63, 3.8) is 0 Å². The van der Waals surface area contributed by atoms with E-state index in [2.05, 4.69) is 11.0 Å². The molecule has 1 atom stereocenters. The lowest BCUT2D eigenvalue weighted by Gasteiger charge is -2.35. The molecule has 9 heteroatoms. The Morgan fingerprint density at radius 3 is 1.89 bits per heavy atom. The van der Waals surface area contributed by atoms with Gasteiger partial charge in [0.05, 0.1) is 35.0 Å². The van der Waals surface area contributed by atoms with E-state index >= 15 is 0 Å². The van der Waals surface area contributed by atoms with Crippen molar-refractivity contribution in [1.82, 2.24) is 9.80 Å². The molecule has 0 fully saturated rings. The Morgan fingerprint density at radius 2 is 1.38 bits per heavy atom. The minimum atomic E-state index is 0. The molecule has 0 unspecified atom stereocenters. The van der Waals surface area contributed by atoms with Gasteiger partial charge in [-0.3, -0.25) is 9.69 Å². The zero-order chi connectivity index (χ0) is 25.7. The van der Waals surface area contributed by atoms with Crippen LogP contribution in [-0.4, -0.2) is 88.6 Å². The molecule has 1 heterocycles. The zero-order valence-electron chi connectivity index (χ0n) is 22.2. The van der Waals surface area contributed by atoms with Gasteiger partial charge in [-0.15, -0.1) is 12.4 Å². The second-order valence-corrected chi connectivity index (χ2v) is 9.44. The summed E-state index contributed by atoms with van der Waals surface area (Å²) in [7, 11) is 6.59. The molecular weight excluding hydrogens is 496 g/mol. The van der Waals surface area contributed by atoms with E-state index in [1.165, 1.54) is 22.3 Å². The number of nitrogens with zero attached hydrogens (tertiary/aromatic N) is 2. The summed E-state index contributed by atoms with van der Waals surface area (Å²) < 4.78 is 21.8. The summed E-state index contributed by atoms with van der Waals surface area (Å²) in [5.74, 6) is 3.46. The molecule has 4 rings (SSSR count). The van der Waals surface area contributed by atoms with Crippen LogP contribution in [0.5, 0.6) is 23.0 Å². The second kappa shape index (κ2) is 13.2. The van der Waals surface area contributed by atoms with Crippen molar-refractivity contribution in [3.05, 3.63) is 46.5 Å². The van der Waals surface area contributed by atoms with E-state index in [1.54, 1.807) is 28.4 Å². The van der Waals surface area contributed by atoms with Gasteiger partial charge in [0.15, 0.2) is 23.0 Å². The van der Waals surface area contributed by atoms with E-state index in [-0.39, 0.29) is 24.9 Å². The molecule has 0 bridgehead atoms. The summed E-state index contributed by atoms with van der Waals surface area (Å²) in [6.45, 7) is 3.45. The van der Waals surface area contributed by atoms with Gasteiger partial charge in [-0.25, -0.2) is 0 Å². The Kier molecular flexibility index (Phi) is 10.3. The molecule has 0 saturated heterocycles. The summed E-state index contributed by atoms with van der Waals surface area (Å²) in [4.78, 5) is 17.3. The van der Waals surface area contributed by atoms with Gasteiger partial charge in [-0.1, -0.05) is 0 Å². The third-order valence-electron chi connectivity index (χ3n) is 7.45. The molecule has 1 amide bonds. The third kappa shape index (κ3) is 6.43. The Morgan fingerprint density at radius 1 is 0.865 bits per heavy atom. The van der Waals surface area contributed by atoms with Crippen LogP contribution in [0.3, 0.4) is 0 Å². The van der Waals surface area contributed by atoms with Crippen LogP contribution in [0, 0.1) is 0 Å². The number of halogens is 1. The van der Waals surface area contributed by atoms with E-state index in [9.17, 15) is 9.90 Å². The van der Waals surface area contributed by atoms with Gasteiger partial charge >= 0.3 is 0 Å². The van der Waals surface area contributed by atoms with E-state index in [0.29, 0.717) is 38.5 Å².